The van der Waals surface area contributed by atoms with Crippen LogP contribution < -0.4 is 0 Å². The van der Waals surface area contributed by atoms with Gasteiger partial charge >= 0.3 is 6.18 Å². The van der Waals surface area contributed by atoms with Gasteiger partial charge in [-0.1, -0.05) is 12.1 Å². The van der Waals surface area contributed by atoms with E-state index in [9.17, 15) is 18.0 Å². The van der Waals surface area contributed by atoms with Gasteiger partial charge in [0.05, 0.1) is 5.57 Å². The second kappa shape index (κ2) is 4.16. The Labute approximate surface area is 83.7 Å². The lowest BCUT2D eigenvalue weighted by Crippen LogP contribution is -2.10. The van der Waals surface area contributed by atoms with E-state index in [0.29, 0.717) is 6.08 Å². The summed E-state index contributed by atoms with van der Waals surface area (Å²) in [5.74, 6) is -0.284. The Bertz CT molecular complexity index is 394. The van der Waals surface area contributed by atoms with E-state index in [1.807, 2.05) is 0 Å². The van der Waals surface area contributed by atoms with E-state index in [1.54, 1.807) is 0 Å². The third-order valence-electron chi connectivity index (χ3n) is 1.70. The van der Waals surface area contributed by atoms with Gasteiger partial charge in [0.15, 0.2) is 0 Å². The number of phenols is 1. The van der Waals surface area contributed by atoms with Crippen molar-refractivity contribution in [3.05, 3.63) is 35.9 Å². The smallest absolute Gasteiger partial charge is 0.417 e. The lowest BCUT2D eigenvalue weighted by molar-refractivity contribution is -0.104. The van der Waals surface area contributed by atoms with Crippen LogP contribution in [-0.2, 0) is 4.79 Å². The van der Waals surface area contributed by atoms with Crippen molar-refractivity contribution in [2.45, 2.75) is 6.18 Å². The molecule has 1 aromatic rings. The molecule has 2 nitrogen and oxygen atoms in total. The third-order valence-corrected chi connectivity index (χ3v) is 1.70. The minimum atomic E-state index is -4.62. The zero-order valence-corrected chi connectivity index (χ0v) is 7.45. The molecular formula is C10H7F3O2. The summed E-state index contributed by atoms with van der Waals surface area (Å²) in [4.78, 5) is 10.1. The van der Waals surface area contributed by atoms with Gasteiger partial charge in [-0.25, -0.2) is 0 Å². The molecular weight excluding hydrogens is 209 g/mol. The number of rotatable bonds is 2. The van der Waals surface area contributed by atoms with Crippen molar-refractivity contribution in [2.75, 3.05) is 0 Å². The molecule has 0 amide bonds. The summed E-state index contributed by atoms with van der Waals surface area (Å²) in [6.07, 6.45) is -4.13. The average molecular weight is 216 g/mol. The average Bonchev–Trinajstić information content (AvgIpc) is 2.12. The number of hydrogen-bond donors (Lipinski definition) is 1. The first kappa shape index (κ1) is 11.3. The van der Waals surface area contributed by atoms with E-state index in [0.717, 1.165) is 6.07 Å². The van der Waals surface area contributed by atoms with Gasteiger partial charge in [-0.3, -0.25) is 4.79 Å². The molecule has 0 saturated heterocycles. The van der Waals surface area contributed by atoms with Gasteiger partial charge in [0.2, 0.25) is 0 Å². The molecule has 0 aliphatic heterocycles. The molecule has 0 radical (unpaired) electrons. The standard InChI is InChI=1S/C10H7F3O2/c11-10(12,13)9(4-5-14)7-2-1-3-8(15)6-7/h1-6,15H/b9-4+. The molecule has 1 N–H and O–H groups in total. The summed E-state index contributed by atoms with van der Waals surface area (Å²) in [7, 11) is 0. The van der Waals surface area contributed by atoms with Crippen LogP contribution in [0.3, 0.4) is 0 Å². The second-order valence-corrected chi connectivity index (χ2v) is 2.76. The van der Waals surface area contributed by atoms with Crippen LogP contribution in [0.5, 0.6) is 5.75 Å². The van der Waals surface area contributed by atoms with Gasteiger partial charge in [0, 0.05) is 0 Å². The predicted octanol–water partition coefficient (Wildman–Crippen LogP) is 2.54. The van der Waals surface area contributed by atoms with Gasteiger partial charge in [-0.05, 0) is 23.8 Å². The van der Waals surface area contributed by atoms with Crippen molar-refractivity contribution < 1.29 is 23.1 Å². The molecule has 80 valence electrons. The van der Waals surface area contributed by atoms with E-state index in [2.05, 4.69) is 0 Å². The Morgan fingerprint density at radius 3 is 2.47 bits per heavy atom. The molecule has 0 spiro atoms. The number of aldehydes is 1. The molecule has 0 unspecified atom stereocenters. The van der Waals surface area contributed by atoms with Crippen molar-refractivity contribution in [1.29, 1.82) is 0 Å². The molecule has 0 saturated carbocycles. The van der Waals surface area contributed by atoms with Crippen LogP contribution in [0.2, 0.25) is 0 Å². The summed E-state index contributed by atoms with van der Waals surface area (Å²) in [6, 6.07) is 4.64. The highest BCUT2D eigenvalue weighted by Crippen LogP contribution is 2.34. The maximum Gasteiger partial charge on any atom is 0.417 e. The van der Waals surface area contributed by atoms with Crippen LogP contribution in [-0.4, -0.2) is 17.6 Å². The lowest BCUT2D eigenvalue weighted by atomic mass is 10.1. The zero-order chi connectivity index (χ0) is 11.5. The fourth-order valence-corrected chi connectivity index (χ4v) is 1.10. The number of benzene rings is 1. The molecule has 0 aliphatic carbocycles. The summed E-state index contributed by atoms with van der Waals surface area (Å²) >= 11 is 0. The fraction of sp³-hybridized carbons (Fsp3) is 0.100. The minimum Gasteiger partial charge on any atom is -0.508 e. The minimum absolute atomic E-state index is 0.0624. The lowest BCUT2D eigenvalue weighted by Gasteiger charge is -2.10. The van der Waals surface area contributed by atoms with Crippen molar-refractivity contribution >= 4 is 11.9 Å². The molecule has 0 atom stereocenters. The van der Waals surface area contributed by atoms with E-state index < -0.39 is 11.7 Å². The van der Waals surface area contributed by atoms with Crippen molar-refractivity contribution in [3.63, 3.8) is 0 Å². The van der Waals surface area contributed by atoms with Crippen LogP contribution >= 0.6 is 0 Å². The molecule has 0 bridgehead atoms. The topological polar surface area (TPSA) is 37.3 Å². The number of alkyl halides is 3. The second-order valence-electron chi connectivity index (χ2n) is 2.76. The molecule has 0 fully saturated rings. The van der Waals surface area contributed by atoms with E-state index in [4.69, 9.17) is 5.11 Å². The Hall–Kier alpha value is -1.78. The van der Waals surface area contributed by atoms with Crippen molar-refractivity contribution in [3.8, 4) is 5.75 Å². The molecule has 5 heteroatoms. The summed E-state index contributed by atoms with van der Waals surface area (Å²) < 4.78 is 37.2. The Kier molecular flexibility index (Phi) is 3.14. The Balaban J connectivity index is 3.23. The number of aromatic hydroxyl groups is 1. The highest BCUT2D eigenvalue weighted by atomic mass is 19.4. The van der Waals surface area contributed by atoms with E-state index in [-0.39, 0.29) is 17.6 Å². The molecule has 0 aliphatic rings. The number of carbonyl (C=O) groups is 1. The van der Waals surface area contributed by atoms with Crippen molar-refractivity contribution in [1.82, 2.24) is 0 Å². The highest BCUT2D eigenvalue weighted by Gasteiger charge is 2.34. The van der Waals surface area contributed by atoms with Gasteiger partial charge < -0.3 is 5.11 Å². The quantitative estimate of drug-likeness (QED) is 0.609. The van der Waals surface area contributed by atoms with Crippen LogP contribution in [0, 0.1) is 0 Å². The first-order valence-electron chi connectivity index (χ1n) is 3.97. The Morgan fingerprint density at radius 1 is 1.33 bits per heavy atom. The third kappa shape index (κ3) is 2.83. The zero-order valence-electron chi connectivity index (χ0n) is 7.45. The van der Waals surface area contributed by atoms with Gasteiger partial charge in [-0.15, -0.1) is 0 Å². The van der Waals surface area contributed by atoms with Crippen molar-refractivity contribution in [2.24, 2.45) is 0 Å². The molecule has 1 aromatic carbocycles. The van der Waals surface area contributed by atoms with Gasteiger partial charge in [0.1, 0.15) is 12.0 Å². The summed E-state index contributed by atoms with van der Waals surface area (Å²) in [6.45, 7) is 0. The van der Waals surface area contributed by atoms with E-state index in [1.165, 1.54) is 18.2 Å². The largest absolute Gasteiger partial charge is 0.508 e. The maximum absolute atomic E-state index is 12.4. The number of allylic oxidation sites excluding steroid dienone is 2. The Morgan fingerprint density at radius 2 is 2.00 bits per heavy atom. The van der Waals surface area contributed by atoms with Crippen LogP contribution in [0.4, 0.5) is 13.2 Å². The monoisotopic (exact) mass is 216 g/mol. The number of phenolic OH excluding ortho intramolecular Hbond substituents is 1. The normalized spacial score (nSPS) is 12.6. The molecule has 0 aromatic heterocycles. The molecule has 1 rings (SSSR count). The first-order chi connectivity index (χ1) is 6.95. The number of hydrogen-bond acceptors (Lipinski definition) is 2. The van der Waals surface area contributed by atoms with Gasteiger partial charge in [-0.2, -0.15) is 13.2 Å². The van der Waals surface area contributed by atoms with E-state index >= 15 is 0 Å². The number of carbonyl (C=O) groups excluding carboxylic acids is 1. The SMILES string of the molecule is O=C/C=C(\c1cccc(O)c1)C(F)(F)F. The molecule has 0 heterocycles. The molecule has 15 heavy (non-hydrogen) atoms. The highest BCUT2D eigenvalue weighted by molar-refractivity contribution is 5.83. The summed E-state index contributed by atoms with van der Waals surface area (Å²) in [5.41, 5.74) is -1.32. The number of halogens is 3. The summed E-state index contributed by atoms with van der Waals surface area (Å²) in [5, 5.41) is 9.01. The van der Waals surface area contributed by atoms with Crippen LogP contribution in [0.25, 0.3) is 5.57 Å². The maximum atomic E-state index is 12.4. The van der Waals surface area contributed by atoms with Gasteiger partial charge in [0.25, 0.3) is 0 Å². The van der Waals surface area contributed by atoms with Crippen LogP contribution in [0.1, 0.15) is 5.56 Å². The fourth-order valence-electron chi connectivity index (χ4n) is 1.10. The van der Waals surface area contributed by atoms with Crippen LogP contribution in [0.15, 0.2) is 30.3 Å². The first-order valence-corrected chi connectivity index (χ1v) is 3.97. The predicted molar refractivity (Wildman–Crippen MR) is 48.2 cm³/mol.